The first-order valence-corrected chi connectivity index (χ1v) is 7.99. The van der Waals surface area contributed by atoms with E-state index in [9.17, 15) is 28.8 Å². The molecule has 0 radical (unpaired) electrons. The molecule has 0 saturated heterocycles. The van der Waals surface area contributed by atoms with Gasteiger partial charge in [0.05, 0.1) is 5.56 Å². The van der Waals surface area contributed by atoms with Crippen LogP contribution in [0.4, 0.5) is 0 Å². The van der Waals surface area contributed by atoms with Gasteiger partial charge in [0, 0.05) is 6.07 Å². The Morgan fingerprint density at radius 2 is 0.970 bits per heavy atom. The Labute approximate surface area is 180 Å². The Hall–Kier alpha value is -5.34. The number of hydrogen-bond acceptors (Lipinski definition) is 9. The van der Waals surface area contributed by atoms with Crippen LogP contribution < -0.4 is 0 Å². The van der Waals surface area contributed by atoms with Crippen molar-refractivity contribution < 1.29 is 72.7 Å². The van der Waals surface area contributed by atoms with E-state index < -0.39 is 35.8 Å². The summed E-state index contributed by atoms with van der Waals surface area (Å²) in [5.74, 6) is -8.78. The van der Waals surface area contributed by atoms with Gasteiger partial charge in [-0.25, -0.2) is 28.8 Å². The molecule has 0 atom stereocenters. The number of aromatic carboxylic acids is 6. The maximum Gasteiger partial charge on any atom is 0.371 e. The molecule has 0 aromatic carbocycles. The van der Waals surface area contributed by atoms with Crippen LogP contribution in [0.5, 0.6) is 0 Å². The van der Waals surface area contributed by atoms with E-state index in [1.165, 1.54) is 0 Å². The van der Waals surface area contributed by atoms with E-state index in [-0.39, 0.29) is 34.0 Å². The van der Waals surface area contributed by atoms with Crippen molar-refractivity contribution in [3.05, 3.63) is 71.0 Å². The second-order valence-corrected chi connectivity index (χ2v) is 5.39. The normalized spacial score (nSPS) is 9.45. The molecule has 3 heterocycles. The van der Waals surface area contributed by atoms with Gasteiger partial charge >= 0.3 is 35.8 Å². The van der Waals surface area contributed by atoms with Gasteiger partial charge in [-0.2, -0.15) is 0 Å². The highest BCUT2D eigenvalue weighted by atomic mass is 16.4. The summed E-state index contributed by atoms with van der Waals surface area (Å²) in [6.07, 6.45) is 2.64. The zero-order valence-corrected chi connectivity index (χ0v) is 15.8. The molecule has 0 bridgehead atoms. The lowest BCUT2D eigenvalue weighted by Gasteiger charge is -1.88. The Bertz CT molecular complexity index is 1040. The average molecular weight is 468 g/mol. The number of carbonyl (C=O) groups is 6. The van der Waals surface area contributed by atoms with Crippen LogP contribution in [-0.4, -0.2) is 66.5 Å². The topological polar surface area (TPSA) is 263 Å². The second-order valence-electron chi connectivity index (χ2n) is 5.39. The van der Waals surface area contributed by atoms with Gasteiger partial charge in [0.25, 0.3) is 0 Å². The third-order valence-electron chi connectivity index (χ3n) is 3.21. The van der Waals surface area contributed by atoms with Crippen LogP contribution >= 0.6 is 0 Å². The van der Waals surface area contributed by atoms with Crippen molar-refractivity contribution in [2.45, 2.75) is 0 Å². The molecule has 0 saturated carbocycles. The fraction of sp³-hybridized carbons (Fsp3) is 0. The Morgan fingerprint density at radius 1 is 0.545 bits per heavy atom. The molecule has 0 unspecified atom stereocenters. The number of carboxylic acids is 6. The average Bonchev–Trinajstić information content (AvgIpc) is 3.49. The van der Waals surface area contributed by atoms with E-state index in [4.69, 9.17) is 30.6 Å². The summed E-state index contributed by atoms with van der Waals surface area (Å²) < 4.78 is 13.2. The molecule has 15 nitrogen and oxygen atoms in total. The van der Waals surface area contributed by atoms with E-state index in [1.54, 1.807) is 0 Å². The van der Waals surface area contributed by atoms with E-state index in [2.05, 4.69) is 13.3 Å². The van der Waals surface area contributed by atoms with Gasteiger partial charge in [-0.05, 0) is 12.1 Å². The van der Waals surface area contributed by atoms with Crippen molar-refractivity contribution in [1.29, 1.82) is 0 Å². The highest BCUT2D eigenvalue weighted by Gasteiger charge is 2.17. The predicted molar refractivity (Wildman–Crippen MR) is 97.9 cm³/mol. The van der Waals surface area contributed by atoms with Gasteiger partial charge in [0.15, 0.2) is 0 Å². The smallest absolute Gasteiger partial charge is 0.371 e. The van der Waals surface area contributed by atoms with Crippen LogP contribution in [0, 0.1) is 0 Å². The molecule has 0 aliphatic heterocycles. The fourth-order valence-corrected chi connectivity index (χ4v) is 1.76. The minimum absolute atomic E-state index is 0.164. The highest BCUT2D eigenvalue weighted by Crippen LogP contribution is 2.10. The van der Waals surface area contributed by atoms with Crippen molar-refractivity contribution >= 4 is 35.8 Å². The molecule has 174 valence electrons. The molecule has 6 N–H and O–H groups in total. The Kier molecular flexibility index (Phi) is 8.69. The third kappa shape index (κ3) is 7.45. The fourth-order valence-electron chi connectivity index (χ4n) is 1.76. The van der Waals surface area contributed by atoms with Crippen molar-refractivity contribution in [1.82, 2.24) is 0 Å². The quantitative estimate of drug-likeness (QED) is 0.302. The molecule has 0 aliphatic rings. The highest BCUT2D eigenvalue weighted by molar-refractivity contribution is 6.01. The second kappa shape index (κ2) is 11.2. The first-order chi connectivity index (χ1) is 15.3. The van der Waals surface area contributed by atoms with Crippen molar-refractivity contribution in [3.63, 3.8) is 0 Å². The summed E-state index contributed by atoms with van der Waals surface area (Å²) in [6, 6.07) is 3.13. The van der Waals surface area contributed by atoms with Gasteiger partial charge in [0.1, 0.15) is 29.9 Å². The van der Waals surface area contributed by atoms with Crippen LogP contribution in [0.1, 0.15) is 62.7 Å². The van der Waals surface area contributed by atoms with Crippen LogP contribution in [0.15, 0.2) is 50.2 Å². The zero-order chi connectivity index (χ0) is 25.3. The molecule has 0 spiro atoms. The van der Waals surface area contributed by atoms with Gasteiger partial charge in [-0.1, -0.05) is 0 Å². The minimum Gasteiger partial charge on any atom is -0.478 e. The molecule has 0 fully saturated rings. The lowest BCUT2D eigenvalue weighted by molar-refractivity contribution is 0.0623. The summed E-state index contributed by atoms with van der Waals surface area (Å²) in [5.41, 5.74) is -0.836. The van der Waals surface area contributed by atoms with E-state index in [1.807, 2.05) is 0 Å². The van der Waals surface area contributed by atoms with E-state index >= 15 is 0 Å². The van der Waals surface area contributed by atoms with Crippen molar-refractivity contribution in [3.8, 4) is 0 Å². The summed E-state index contributed by atoms with van der Waals surface area (Å²) in [5, 5.41) is 50.0. The largest absolute Gasteiger partial charge is 0.478 e. The third-order valence-corrected chi connectivity index (χ3v) is 3.21. The van der Waals surface area contributed by atoms with E-state index in [0.29, 0.717) is 0 Å². The zero-order valence-electron chi connectivity index (χ0n) is 15.8. The van der Waals surface area contributed by atoms with Gasteiger partial charge in [0.2, 0.25) is 17.3 Å². The predicted octanol–water partition coefficient (Wildman–Crippen LogP) is 2.03. The number of carboxylic acid groups (broad SMARTS) is 6. The molecule has 3 aromatic rings. The maximum atomic E-state index is 10.3. The van der Waals surface area contributed by atoms with Gasteiger partial charge < -0.3 is 43.9 Å². The SMILES string of the molecule is O=C(O)c1ccc(C(=O)O)o1.O=C(O)c1coc(C(=O)O)c1.O=C(O)c1cocc1C(=O)O. The first-order valence-electron chi connectivity index (χ1n) is 7.99. The minimum atomic E-state index is -1.31. The van der Waals surface area contributed by atoms with Crippen molar-refractivity contribution in [2.24, 2.45) is 0 Å². The monoisotopic (exact) mass is 468 g/mol. The Morgan fingerprint density at radius 3 is 1.21 bits per heavy atom. The molecular weight excluding hydrogens is 456 g/mol. The summed E-state index contributed by atoms with van der Waals surface area (Å²) >= 11 is 0. The first kappa shape index (κ1) is 25.7. The van der Waals surface area contributed by atoms with Crippen LogP contribution in [-0.2, 0) is 0 Å². The lowest BCUT2D eigenvalue weighted by atomic mass is 10.2. The van der Waals surface area contributed by atoms with Crippen LogP contribution in [0.2, 0.25) is 0 Å². The molecule has 33 heavy (non-hydrogen) atoms. The number of furan rings is 3. The van der Waals surface area contributed by atoms with Crippen molar-refractivity contribution in [2.75, 3.05) is 0 Å². The Balaban J connectivity index is 0.000000247. The van der Waals surface area contributed by atoms with Gasteiger partial charge in [-0.3, -0.25) is 0 Å². The standard InChI is InChI=1S/3C6H4O5/c7-5(8)3-1-11-2-4(3)6(9)10;7-5(8)3-1-4(6(9)10)11-2-3;7-5(8)3-1-2-4(11-3)6(9)10/h3*1-2H,(H,7,8)(H,9,10). The lowest BCUT2D eigenvalue weighted by Crippen LogP contribution is -2.03. The molecule has 15 heteroatoms. The number of hydrogen-bond donors (Lipinski definition) is 6. The maximum absolute atomic E-state index is 10.3. The molecule has 0 amide bonds. The van der Waals surface area contributed by atoms with E-state index in [0.717, 1.165) is 37.0 Å². The summed E-state index contributed by atoms with van der Waals surface area (Å²) in [4.78, 5) is 61.2. The molecule has 3 rings (SSSR count). The molecule has 0 aliphatic carbocycles. The molecule has 3 aromatic heterocycles. The molecular formula is C18H12O15. The van der Waals surface area contributed by atoms with Crippen LogP contribution in [0.3, 0.4) is 0 Å². The summed E-state index contributed by atoms with van der Waals surface area (Å²) in [7, 11) is 0. The van der Waals surface area contributed by atoms with Gasteiger partial charge in [-0.15, -0.1) is 0 Å². The van der Waals surface area contributed by atoms with Crippen LogP contribution in [0.25, 0.3) is 0 Å². The number of rotatable bonds is 6. The summed E-state index contributed by atoms with van der Waals surface area (Å²) in [6.45, 7) is 0.